The zero-order valence-corrected chi connectivity index (χ0v) is 13.1. The molecule has 1 aliphatic carbocycles. The predicted octanol–water partition coefficient (Wildman–Crippen LogP) is 2.41. The fourth-order valence-electron chi connectivity index (χ4n) is 3.65. The van der Waals surface area contributed by atoms with E-state index in [1.54, 1.807) is 0 Å². The molecule has 4 rings (SSSR count). The number of hydrogen-bond donors (Lipinski definition) is 1. The van der Waals surface area contributed by atoms with Gasteiger partial charge in [0.05, 0.1) is 0 Å². The Balaban J connectivity index is 1.55. The van der Waals surface area contributed by atoms with E-state index in [9.17, 15) is 4.79 Å². The number of amides is 1. The highest BCUT2D eigenvalue weighted by molar-refractivity contribution is 9.10. The summed E-state index contributed by atoms with van der Waals surface area (Å²) in [5.74, 6) is 0.860. The summed E-state index contributed by atoms with van der Waals surface area (Å²) < 4.78 is 3.18. The molecule has 1 amide bonds. The van der Waals surface area contributed by atoms with Crippen molar-refractivity contribution in [1.29, 1.82) is 0 Å². The third-order valence-electron chi connectivity index (χ3n) is 4.86. The first-order valence-corrected chi connectivity index (χ1v) is 8.42. The Labute approximate surface area is 127 Å². The summed E-state index contributed by atoms with van der Waals surface area (Å²) in [5, 5.41) is 3.56. The molecule has 1 N–H and O–H groups in total. The number of likely N-dealkylation sites (tertiary alicyclic amines) is 1. The Bertz CT molecular complexity index is 523. The number of nitrogens with zero attached hydrogens (tertiary/aromatic N) is 2. The molecule has 3 aliphatic rings. The van der Waals surface area contributed by atoms with Crippen molar-refractivity contribution in [3.63, 3.8) is 0 Å². The molecule has 2 atom stereocenters. The summed E-state index contributed by atoms with van der Waals surface area (Å²) in [6.07, 6.45) is 6.97. The number of fused-ring (bicyclic) bond motifs is 1. The van der Waals surface area contributed by atoms with Crippen molar-refractivity contribution in [3.05, 3.63) is 22.4 Å². The number of piperidine rings is 1. The van der Waals surface area contributed by atoms with E-state index < -0.39 is 0 Å². The molecule has 0 radical (unpaired) electrons. The topological polar surface area (TPSA) is 37.3 Å². The summed E-state index contributed by atoms with van der Waals surface area (Å²) >= 11 is 3.51. The van der Waals surface area contributed by atoms with E-state index in [0.717, 1.165) is 29.8 Å². The molecule has 1 aromatic rings. The van der Waals surface area contributed by atoms with Gasteiger partial charge in [-0.3, -0.25) is 4.79 Å². The van der Waals surface area contributed by atoms with Gasteiger partial charge in [-0.25, -0.2) is 0 Å². The van der Waals surface area contributed by atoms with Crippen molar-refractivity contribution < 1.29 is 4.79 Å². The summed E-state index contributed by atoms with van der Waals surface area (Å²) in [5.41, 5.74) is 0.859. The van der Waals surface area contributed by atoms with Gasteiger partial charge < -0.3 is 14.8 Å². The maximum atomic E-state index is 12.8. The summed E-state index contributed by atoms with van der Waals surface area (Å²) in [6.45, 7) is 2.90. The number of carbonyl (C=O) groups is 1. The van der Waals surface area contributed by atoms with Crippen LogP contribution in [0.5, 0.6) is 0 Å². The highest BCUT2D eigenvalue weighted by Gasteiger charge is 2.38. The minimum Gasteiger partial charge on any atom is -0.339 e. The fraction of sp³-hybridized carbons (Fsp3) is 0.667. The van der Waals surface area contributed by atoms with Crippen molar-refractivity contribution in [2.75, 3.05) is 19.6 Å². The van der Waals surface area contributed by atoms with E-state index in [2.05, 4.69) is 32.0 Å². The molecule has 2 saturated heterocycles. The molecule has 3 heterocycles. The first-order chi connectivity index (χ1) is 9.72. The van der Waals surface area contributed by atoms with Gasteiger partial charge in [0.1, 0.15) is 5.69 Å². The molecule has 0 unspecified atom stereocenters. The van der Waals surface area contributed by atoms with E-state index in [4.69, 9.17) is 0 Å². The van der Waals surface area contributed by atoms with Gasteiger partial charge in [-0.05, 0) is 60.1 Å². The Hall–Kier alpha value is -0.810. The fourth-order valence-corrected chi connectivity index (χ4v) is 4.08. The second kappa shape index (κ2) is 4.88. The van der Waals surface area contributed by atoms with Crippen LogP contribution in [0.2, 0.25) is 0 Å². The molecule has 1 saturated carbocycles. The van der Waals surface area contributed by atoms with E-state index in [1.165, 1.54) is 25.7 Å². The zero-order chi connectivity index (χ0) is 13.7. The standard InChI is InChI=1S/C15H20BrN3O/c16-11-6-14(19(8-11)12-3-4-12)15(20)18-7-10-2-1-5-17-13(10)9-18/h6,8,10,12-13,17H,1-5,7,9H2/t10-,13+/m0/s1. The molecule has 5 heteroatoms. The van der Waals surface area contributed by atoms with E-state index >= 15 is 0 Å². The Kier molecular flexibility index (Phi) is 3.15. The van der Waals surface area contributed by atoms with Crippen LogP contribution in [0.4, 0.5) is 0 Å². The molecular weight excluding hydrogens is 318 g/mol. The Morgan fingerprint density at radius 1 is 1.30 bits per heavy atom. The minimum atomic E-state index is 0.207. The minimum absolute atomic E-state index is 0.207. The maximum absolute atomic E-state index is 12.8. The molecular formula is C15H20BrN3O. The van der Waals surface area contributed by atoms with Gasteiger partial charge in [0.25, 0.3) is 5.91 Å². The van der Waals surface area contributed by atoms with Crippen LogP contribution in [-0.2, 0) is 0 Å². The highest BCUT2D eigenvalue weighted by atomic mass is 79.9. The van der Waals surface area contributed by atoms with Crippen LogP contribution in [-0.4, -0.2) is 41.1 Å². The van der Waals surface area contributed by atoms with Crippen molar-refractivity contribution in [2.24, 2.45) is 5.92 Å². The normalized spacial score (nSPS) is 29.6. The number of carbonyl (C=O) groups excluding carboxylic acids is 1. The molecule has 0 aromatic carbocycles. The SMILES string of the molecule is O=C(c1cc(Br)cn1C1CC1)N1C[C@@H]2CCCN[C@@H]2C1. The molecule has 0 bridgehead atoms. The highest BCUT2D eigenvalue weighted by Crippen LogP contribution is 2.38. The third-order valence-corrected chi connectivity index (χ3v) is 5.29. The maximum Gasteiger partial charge on any atom is 0.270 e. The van der Waals surface area contributed by atoms with Gasteiger partial charge in [0.15, 0.2) is 0 Å². The molecule has 0 spiro atoms. The van der Waals surface area contributed by atoms with Gasteiger partial charge in [0.2, 0.25) is 0 Å². The largest absolute Gasteiger partial charge is 0.339 e. The molecule has 20 heavy (non-hydrogen) atoms. The van der Waals surface area contributed by atoms with Gasteiger partial charge >= 0.3 is 0 Å². The Morgan fingerprint density at radius 2 is 2.15 bits per heavy atom. The van der Waals surface area contributed by atoms with Crippen molar-refractivity contribution in [3.8, 4) is 0 Å². The lowest BCUT2D eigenvalue weighted by Gasteiger charge is -2.24. The van der Waals surface area contributed by atoms with Gasteiger partial charge in [-0.1, -0.05) is 0 Å². The van der Waals surface area contributed by atoms with E-state index in [-0.39, 0.29) is 5.91 Å². The third kappa shape index (κ3) is 2.21. The molecule has 1 aromatic heterocycles. The number of hydrogen-bond acceptors (Lipinski definition) is 2. The lowest BCUT2D eigenvalue weighted by atomic mass is 9.94. The number of rotatable bonds is 2. The van der Waals surface area contributed by atoms with E-state index in [0.29, 0.717) is 18.0 Å². The van der Waals surface area contributed by atoms with Crippen LogP contribution < -0.4 is 5.32 Å². The first-order valence-electron chi connectivity index (χ1n) is 7.62. The average molecular weight is 338 g/mol. The van der Waals surface area contributed by atoms with Crippen LogP contribution in [0.1, 0.15) is 42.2 Å². The predicted molar refractivity (Wildman–Crippen MR) is 80.8 cm³/mol. The van der Waals surface area contributed by atoms with Crippen molar-refractivity contribution in [2.45, 2.75) is 37.8 Å². The monoisotopic (exact) mass is 337 g/mol. The second-order valence-electron chi connectivity index (χ2n) is 6.36. The van der Waals surface area contributed by atoms with Crippen molar-refractivity contribution >= 4 is 21.8 Å². The van der Waals surface area contributed by atoms with Crippen LogP contribution in [0.25, 0.3) is 0 Å². The number of aromatic nitrogens is 1. The van der Waals surface area contributed by atoms with E-state index in [1.807, 2.05) is 11.0 Å². The van der Waals surface area contributed by atoms with Gasteiger partial charge in [-0.15, -0.1) is 0 Å². The zero-order valence-electron chi connectivity index (χ0n) is 11.5. The summed E-state index contributed by atoms with van der Waals surface area (Å²) in [4.78, 5) is 14.9. The second-order valence-corrected chi connectivity index (χ2v) is 7.27. The van der Waals surface area contributed by atoms with Gasteiger partial charge in [-0.2, -0.15) is 0 Å². The van der Waals surface area contributed by atoms with Crippen LogP contribution >= 0.6 is 15.9 Å². The lowest BCUT2D eigenvalue weighted by molar-refractivity contribution is 0.0774. The number of halogens is 1. The number of nitrogens with one attached hydrogen (secondary N) is 1. The summed E-state index contributed by atoms with van der Waals surface area (Å²) in [6, 6.07) is 3.04. The lowest BCUT2D eigenvalue weighted by Crippen LogP contribution is -2.41. The average Bonchev–Trinajstić information content (AvgIpc) is 3.08. The Morgan fingerprint density at radius 3 is 2.90 bits per heavy atom. The van der Waals surface area contributed by atoms with Crippen LogP contribution in [0, 0.1) is 5.92 Å². The van der Waals surface area contributed by atoms with Crippen LogP contribution in [0.15, 0.2) is 16.7 Å². The van der Waals surface area contributed by atoms with Crippen LogP contribution in [0.3, 0.4) is 0 Å². The smallest absolute Gasteiger partial charge is 0.270 e. The van der Waals surface area contributed by atoms with Crippen molar-refractivity contribution in [1.82, 2.24) is 14.8 Å². The quantitative estimate of drug-likeness (QED) is 0.899. The molecule has 2 aliphatic heterocycles. The first kappa shape index (κ1) is 12.9. The molecule has 108 valence electrons. The van der Waals surface area contributed by atoms with Gasteiger partial charge in [0, 0.05) is 35.8 Å². The summed E-state index contributed by atoms with van der Waals surface area (Å²) in [7, 11) is 0. The molecule has 3 fully saturated rings. The molecule has 4 nitrogen and oxygen atoms in total.